The van der Waals surface area contributed by atoms with E-state index >= 15 is 0 Å². The first-order valence-electron chi connectivity index (χ1n) is 9.78. The predicted molar refractivity (Wildman–Crippen MR) is 117 cm³/mol. The molecule has 4 nitrogen and oxygen atoms in total. The number of amides is 1. The largest absolute Gasteiger partial charge is 0.496 e. The first kappa shape index (κ1) is 20.6. The lowest BCUT2D eigenvalue weighted by molar-refractivity contribution is -0.121. The van der Waals surface area contributed by atoms with E-state index in [9.17, 15) is 4.79 Å². The lowest BCUT2D eigenvalue weighted by atomic mass is 9.90. The van der Waals surface area contributed by atoms with Gasteiger partial charge in [-0.3, -0.25) is 4.79 Å². The Hall–Kier alpha value is -3.11. The summed E-state index contributed by atoms with van der Waals surface area (Å²) < 4.78 is 5.53. The molecule has 0 aliphatic carbocycles. The third kappa shape index (κ3) is 5.04. The Kier molecular flexibility index (Phi) is 7.04. The molecule has 1 amide bonds. The summed E-state index contributed by atoms with van der Waals surface area (Å²) in [6.07, 6.45) is 0. The van der Waals surface area contributed by atoms with Crippen molar-refractivity contribution in [1.29, 1.82) is 0 Å². The fourth-order valence-corrected chi connectivity index (χ4v) is 3.60. The average Bonchev–Trinajstić information content (AvgIpc) is 2.75. The lowest BCUT2D eigenvalue weighted by Gasteiger charge is -2.27. The highest BCUT2D eigenvalue weighted by molar-refractivity contribution is 5.87. The van der Waals surface area contributed by atoms with Crippen LogP contribution in [0.3, 0.4) is 0 Å². The van der Waals surface area contributed by atoms with Gasteiger partial charge in [0, 0.05) is 12.1 Å². The summed E-state index contributed by atoms with van der Waals surface area (Å²) in [6.45, 7) is 0.488. The van der Waals surface area contributed by atoms with E-state index in [4.69, 9.17) is 4.74 Å². The van der Waals surface area contributed by atoms with Crippen molar-refractivity contribution in [3.05, 3.63) is 102 Å². The molecule has 150 valence electrons. The van der Waals surface area contributed by atoms with E-state index < -0.39 is 0 Å². The number of para-hydroxylation sites is 1. The SMILES string of the molecule is COc1ccccc1[C@H](CNC(=O)C(c1ccccc1)c1ccccc1)N(C)C. The van der Waals surface area contributed by atoms with Crippen molar-refractivity contribution < 1.29 is 9.53 Å². The van der Waals surface area contributed by atoms with Gasteiger partial charge in [-0.1, -0.05) is 78.9 Å². The second-order valence-electron chi connectivity index (χ2n) is 7.22. The quantitative estimate of drug-likeness (QED) is 0.627. The topological polar surface area (TPSA) is 41.6 Å². The molecule has 0 heterocycles. The van der Waals surface area contributed by atoms with Crippen LogP contribution in [0.15, 0.2) is 84.9 Å². The minimum atomic E-state index is -0.349. The van der Waals surface area contributed by atoms with Gasteiger partial charge in [0.2, 0.25) is 5.91 Å². The van der Waals surface area contributed by atoms with E-state index in [0.717, 1.165) is 22.4 Å². The van der Waals surface area contributed by atoms with Crippen LogP contribution in [0.5, 0.6) is 5.75 Å². The summed E-state index contributed by atoms with van der Waals surface area (Å²) >= 11 is 0. The van der Waals surface area contributed by atoms with Gasteiger partial charge in [0.05, 0.1) is 19.1 Å². The van der Waals surface area contributed by atoms with Crippen LogP contribution in [-0.4, -0.2) is 38.6 Å². The second kappa shape index (κ2) is 9.89. The van der Waals surface area contributed by atoms with Gasteiger partial charge in [-0.15, -0.1) is 0 Å². The Balaban J connectivity index is 1.84. The molecule has 3 aromatic carbocycles. The summed E-state index contributed by atoms with van der Waals surface area (Å²) in [5, 5.41) is 3.17. The van der Waals surface area contributed by atoms with Crippen molar-refractivity contribution in [2.75, 3.05) is 27.7 Å². The predicted octanol–water partition coefficient (Wildman–Crippen LogP) is 4.25. The molecule has 0 saturated heterocycles. The molecule has 4 heteroatoms. The van der Waals surface area contributed by atoms with Gasteiger partial charge in [0.15, 0.2) is 0 Å². The van der Waals surface area contributed by atoms with Gasteiger partial charge >= 0.3 is 0 Å². The number of benzene rings is 3. The Morgan fingerprint density at radius 3 is 1.90 bits per heavy atom. The van der Waals surface area contributed by atoms with Gasteiger partial charge in [-0.25, -0.2) is 0 Å². The van der Waals surface area contributed by atoms with Gasteiger partial charge in [-0.2, -0.15) is 0 Å². The normalized spacial score (nSPS) is 12.0. The number of carbonyl (C=O) groups is 1. The van der Waals surface area contributed by atoms with Crippen LogP contribution in [0.2, 0.25) is 0 Å². The third-order valence-corrected chi connectivity index (χ3v) is 5.12. The number of likely N-dealkylation sites (N-methyl/N-ethyl adjacent to an activating group) is 1. The molecule has 0 bridgehead atoms. The van der Waals surface area contributed by atoms with Crippen molar-refractivity contribution in [2.45, 2.75) is 12.0 Å². The van der Waals surface area contributed by atoms with Crippen LogP contribution >= 0.6 is 0 Å². The maximum Gasteiger partial charge on any atom is 0.232 e. The number of nitrogens with zero attached hydrogens (tertiary/aromatic N) is 1. The molecule has 3 rings (SSSR count). The summed E-state index contributed by atoms with van der Waals surface area (Å²) in [4.78, 5) is 15.4. The van der Waals surface area contributed by atoms with Crippen molar-refractivity contribution in [3.8, 4) is 5.75 Å². The number of carbonyl (C=O) groups excluding carboxylic acids is 1. The zero-order valence-corrected chi connectivity index (χ0v) is 17.2. The van der Waals surface area contributed by atoms with Crippen LogP contribution in [0.1, 0.15) is 28.7 Å². The van der Waals surface area contributed by atoms with E-state index in [1.807, 2.05) is 99.0 Å². The lowest BCUT2D eigenvalue weighted by Crippen LogP contribution is -2.37. The van der Waals surface area contributed by atoms with Crippen molar-refractivity contribution in [2.24, 2.45) is 0 Å². The molecule has 0 aliphatic rings. The van der Waals surface area contributed by atoms with E-state index in [2.05, 4.69) is 10.2 Å². The number of rotatable bonds is 8. The van der Waals surface area contributed by atoms with E-state index in [1.165, 1.54) is 0 Å². The second-order valence-corrected chi connectivity index (χ2v) is 7.22. The first-order chi connectivity index (χ1) is 14.1. The van der Waals surface area contributed by atoms with Gasteiger partial charge in [0.25, 0.3) is 0 Å². The summed E-state index contributed by atoms with van der Waals surface area (Å²) in [7, 11) is 5.69. The smallest absolute Gasteiger partial charge is 0.232 e. The highest BCUT2D eigenvalue weighted by atomic mass is 16.5. The maximum absolute atomic E-state index is 13.3. The molecule has 1 N–H and O–H groups in total. The molecule has 0 saturated carbocycles. The number of nitrogens with one attached hydrogen (secondary N) is 1. The molecular formula is C25H28N2O2. The van der Waals surface area contributed by atoms with E-state index in [0.29, 0.717) is 6.54 Å². The number of ether oxygens (including phenoxy) is 1. The number of methoxy groups -OCH3 is 1. The maximum atomic E-state index is 13.3. The molecule has 0 radical (unpaired) electrons. The Morgan fingerprint density at radius 2 is 1.38 bits per heavy atom. The molecular weight excluding hydrogens is 360 g/mol. The Morgan fingerprint density at radius 1 is 0.862 bits per heavy atom. The Labute approximate surface area is 173 Å². The van der Waals surface area contributed by atoms with Gasteiger partial charge < -0.3 is 15.0 Å². The number of hydrogen-bond donors (Lipinski definition) is 1. The fraction of sp³-hybridized carbons (Fsp3) is 0.240. The zero-order valence-electron chi connectivity index (χ0n) is 17.2. The van der Waals surface area contributed by atoms with Crippen LogP contribution in [-0.2, 0) is 4.79 Å². The van der Waals surface area contributed by atoms with E-state index in [1.54, 1.807) is 7.11 Å². The monoisotopic (exact) mass is 388 g/mol. The van der Waals surface area contributed by atoms with Crippen LogP contribution in [0.25, 0.3) is 0 Å². The molecule has 3 aromatic rings. The molecule has 0 spiro atoms. The van der Waals surface area contributed by atoms with E-state index in [-0.39, 0.29) is 17.9 Å². The first-order valence-corrected chi connectivity index (χ1v) is 9.78. The zero-order chi connectivity index (χ0) is 20.6. The molecule has 0 unspecified atom stereocenters. The standard InChI is InChI=1S/C25H28N2O2/c1-27(2)22(21-16-10-11-17-23(21)29-3)18-26-25(28)24(19-12-6-4-7-13-19)20-14-8-5-9-15-20/h4-17,22,24H,18H2,1-3H3,(H,26,28)/t22-/m0/s1. The highest BCUT2D eigenvalue weighted by Gasteiger charge is 2.25. The van der Waals surface area contributed by atoms with Crippen LogP contribution < -0.4 is 10.1 Å². The average molecular weight is 389 g/mol. The summed E-state index contributed by atoms with van der Waals surface area (Å²) in [5.74, 6) is 0.463. The van der Waals surface area contributed by atoms with Gasteiger partial charge in [-0.05, 0) is 31.3 Å². The molecule has 0 aromatic heterocycles. The van der Waals surface area contributed by atoms with Crippen molar-refractivity contribution in [3.63, 3.8) is 0 Å². The van der Waals surface area contributed by atoms with Crippen LogP contribution in [0.4, 0.5) is 0 Å². The Bertz CT molecular complexity index is 871. The fourth-order valence-electron chi connectivity index (χ4n) is 3.60. The number of hydrogen-bond acceptors (Lipinski definition) is 3. The van der Waals surface area contributed by atoms with Crippen molar-refractivity contribution in [1.82, 2.24) is 10.2 Å². The minimum Gasteiger partial charge on any atom is -0.496 e. The summed E-state index contributed by atoms with van der Waals surface area (Å²) in [5.41, 5.74) is 3.01. The third-order valence-electron chi connectivity index (χ3n) is 5.12. The summed E-state index contributed by atoms with van der Waals surface area (Å²) in [6, 6.07) is 27.7. The van der Waals surface area contributed by atoms with Gasteiger partial charge in [0.1, 0.15) is 5.75 Å². The molecule has 0 fully saturated rings. The molecule has 0 aliphatic heterocycles. The molecule has 1 atom stereocenters. The van der Waals surface area contributed by atoms with Crippen molar-refractivity contribution >= 4 is 5.91 Å². The minimum absolute atomic E-state index is 0.00213. The molecule has 29 heavy (non-hydrogen) atoms. The highest BCUT2D eigenvalue weighted by Crippen LogP contribution is 2.28. The van der Waals surface area contributed by atoms with Crippen LogP contribution in [0, 0.1) is 0 Å².